The summed E-state index contributed by atoms with van der Waals surface area (Å²) in [5.74, 6) is 0.688. The minimum atomic E-state index is -3.86. The summed E-state index contributed by atoms with van der Waals surface area (Å²) in [5.41, 5.74) is 0.980. The number of benzene rings is 2. The van der Waals surface area contributed by atoms with Crippen LogP contribution >= 0.6 is 0 Å². The van der Waals surface area contributed by atoms with E-state index in [-0.39, 0.29) is 16.4 Å². The fourth-order valence-electron chi connectivity index (χ4n) is 1.96. The Morgan fingerprint density at radius 3 is 2.36 bits per heavy atom. The molecule has 0 aromatic heterocycles. The molecule has 2 rings (SSSR count). The number of phenols is 1. The second-order valence-corrected chi connectivity index (χ2v) is 6.27. The summed E-state index contributed by atoms with van der Waals surface area (Å²) in [5, 5.41) is 9.39. The van der Waals surface area contributed by atoms with Gasteiger partial charge < -0.3 is 14.6 Å². The van der Waals surface area contributed by atoms with Crippen molar-refractivity contribution in [3.63, 3.8) is 0 Å². The number of rotatable bonds is 5. The molecule has 0 aliphatic rings. The fraction of sp³-hybridized carbons (Fsp3) is 0.200. The van der Waals surface area contributed by atoms with Gasteiger partial charge in [0.25, 0.3) is 10.0 Å². The summed E-state index contributed by atoms with van der Waals surface area (Å²) in [6.07, 6.45) is 0. The number of phenolic OH excluding ortho intramolecular Hbond substituents is 1. The second-order valence-electron chi connectivity index (χ2n) is 4.62. The molecular weight excluding hydrogens is 306 g/mol. The molecule has 2 aromatic rings. The van der Waals surface area contributed by atoms with E-state index in [1.807, 2.05) is 0 Å². The van der Waals surface area contributed by atoms with Gasteiger partial charge in [0.2, 0.25) is 0 Å². The average Bonchev–Trinajstić information content (AvgIpc) is 2.49. The largest absolute Gasteiger partial charge is 0.508 e. The van der Waals surface area contributed by atoms with Crippen LogP contribution in [0.5, 0.6) is 17.2 Å². The van der Waals surface area contributed by atoms with Crippen molar-refractivity contribution >= 4 is 15.7 Å². The first kappa shape index (κ1) is 16.0. The van der Waals surface area contributed by atoms with Crippen molar-refractivity contribution < 1.29 is 23.0 Å². The summed E-state index contributed by atoms with van der Waals surface area (Å²) >= 11 is 0. The maximum Gasteiger partial charge on any atom is 0.265 e. The quantitative estimate of drug-likeness (QED) is 0.826. The van der Waals surface area contributed by atoms with Crippen molar-refractivity contribution in [1.29, 1.82) is 0 Å². The van der Waals surface area contributed by atoms with Crippen LogP contribution in [0.1, 0.15) is 5.56 Å². The van der Waals surface area contributed by atoms with Crippen LogP contribution in [-0.2, 0) is 10.0 Å². The highest BCUT2D eigenvalue weighted by Crippen LogP contribution is 2.30. The third kappa shape index (κ3) is 3.25. The van der Waals surface area contributed by atoms with Crippen LogP contribution < -0.4 is 14.2 Å². The molecule has 0 atom stereocenters. The lowest BCUT2D eigenvalue weighted by Crippen LogP contribution is -2.15. The Hall–Kier alpha value is -2.41. The molecule has 0 spiro atoms. The predicted octanol–water partition coefficient (Wildman–Crippen LogP) is 2.52. The molecule has 0 radical (unpaired) electrons. The van der Waals surface area contributed by atoms with Gasteiger partial charge in [-0.15, -0.1) is 0 Å². The molecule has 6 nitrogen and oxygen atoms in total. The number of aromatic hydroxyl groups is 1. The van der Waals surface area contributed by atoms with Gasteiger partial charge in [0.05, 0.1) is 19.9 Å². The predicted molar refractivity (Wildman–Crippen MR) is 83.2 cm³/mol. The topological polar surface area (TPSA) is 84.9 Å². The van der Waals surface area contributed by atoms with E-state index in [4.69, 9.17) is 9.47 Å². The lowest BCUT2D eigenvalue weighted by molar-refractivity contribution is 0.392. The van der Waals surface area contributed by atoms with Gasteiger partial charge in [-0.3, -0.25) is 4.72 Å². The highest BCUT2D eigenvalue weighted by molar-refractivity contribution is 7.92. The van der Waals surface area contributed by atoms with Gasteiger partial charge in [-0.25, -0.2) is 8.42 Å². The van der Waals surface area contributed by atoms with Crippen molar-refractivity contribution in [3.8, 4) is 17.2 Å². The molecule has 2 N–H and O–H groups in total. The maximum absolute atomic E-state index is 12.6. The molecule has 0 saturated carbocycles. The van der Waals surface area contributed by atoms with E-state index in [2.05, 4.69) is 4.72 Å². The van der Waals surface area contributed by atoms with Crippen molar-refractivity contribution in [2.24, 2.45) is 0 Å². The number of sulfonamides is 1. The minimum absolute atomic E-state index is 0.0261. The van der Waals surface area contributed by atoms with E-state index >= 15 is 0 Å². The first-order valence-corrected chi connectivity index (χ1v) is 7.90. The lowest BCUT2D eigenvalue weighted by atomic mass is 10.2. The number of aryl methyl sites for hydroxylation is 1. The number of methoxy groups -OCH3 is 2. The smallest absolute Gasteiger partial charge is 0.265 e. The number of hydrogen-bond acceptors (Lipinski definition) is 5. The molecule has 0 unspecified atom stereocenters. The molecule has 0 amide bonds. The highest BCUT2D eigenvalue weighted by atomic mass is 32.2. The summed E-state index contributed by atoms with van der Waals surface area (Å²) in [4.78, 5) is -0.0261. The van der Waals surface area contributed by atoms with E-state index in [1.54, 1.807) is 13.0 Å². The highest BCUT2D eigenvalue weighted by Gasteiger charge is 2.21. The average molecular weight is 323 g/mol. The molecule has 0 aliphatic heterocycles. The van der Waals surface area contributed by atoms with E-state index < -0.39 is 10.0 Å². The number of nitrogens with one attached hydrogen (secondary N) is 1. The Balaban J connectivity index is 2.46. The van der Waals surface area contributed by atoms with Gasteiger partial charge in [-0.1, -0.05) is 0 Å². The van der Waals surface area contributed by atoms with Crippen LogP contribution in [0.3, 0.4) is 0 Å². The van der Waals surface area contributed by atoms with Gasteiger partial charge >= 0.3 is 0 Å². The molecule has 0 bridgehead atoms. The van der Waals surface area contributed by atoms with Crippen LogP contribution in [0, 0.1) is 6.92 Å². The Labute approximate surface area is 129 Å². The summed E-state index contributed by atoms with van der Waals surface area (Å²) in [6.45, 7) is 1.69. The third-order valence-electron chi connectivity index (χ3n) is 3.11. The van der Waals surface area contributed by atoms with Gasteiger partial charge in [-0.05, 0) is 42.8 Å². The van der Waals surface area contributed by atoms with Crippen LogP contribution in [-0.4, -0.2) is 27.7 Å². The van der Waals surface area contributed by atoms with Gasteiger partial charge in [0.15, 0.2) is 0 Å². The van der Waals surface area contributed by atoms with E-state index in [0.717, 1.165) is 0 Å². The molecule has 7 heteroatoms. The van der Waals surface area contributed by atoms with E-state index in [1.165, 1.54) is 44.6 Å². The fourth-order valence-corrected chi connectivity index (χ4v) is 3.27. The molecule has 118 valence electrons. The summed E-state index contributed by atoms with van der Waals surface area (Å²) in [7, 11) is -1.01. The zero-order valence-corrected chi connectivity index (χ0v) is 13.3. The van der Waals surface area contributed by atoms with E-state index in [9.17, 15) is 13.5 Å². The van der Waals surface area contributed by atoms with Crippen LogP contribution in [0.25, 0.3) is 0 Å². The third-order valence-corrected chi connectivity index (χ3v) is 4.50. The maximum atomic E-state index is 12.6. The Morgan fingerprint density at radius 2 is 1.77 bits per heavy atom. The van der Waals surface area contributed by atoms with Gasteiger partial charge in [0, 0.05) is 6.07 Å². The summed E-state index contributed by atoms with van der Waals surface area (Å²) < 4.78 is 37.8. The molecule has 0 saturated heterocycles. The SMILES string of the molecule is COc1ccc(OC)c(S(=O)(=O)Nc2ccc(O)cc2C)c1. The molecule has 0 fully saturated rings. The number of hydrogen-bond donors (Lipinski definition) is 2. The first-order valence-electron chi connectivity index (χ1n) is 6.42. The van der Waals surface area contributed by atoms with Crippen molar-refractivity contribution in [2.75, 3.05) is 18.9 Å². The minimum Gasteiger partial charge on any atom is -0.508 e. The molecule has 22 heavy (non-hydrogen) atoms. The van der Waals surface area contributed by atoms with Crippen LogP contribution in [0.4, 0.5) is 5.69 Å². The Bertz CT molecular complexity index is 787. The van der Waals surface area contributed by atoms with Crippen molar-refractivity contribution in [3.05, 3.63) is 42.0 Å². The molecule has 2 aromatic carbocycles. The molecule has 0 aliphatic carbocycles. The van der Waals surface area contributed by atoms with Crippen molar-refractivity contribution in [2.45, 2.75) is 11.8 Å². The van der Waals surface area contributed by atoms with Crippen LogP contribution in [0.15, 0.2) is 41.3 Å². The van der Waals surface area contributed by atoms with Crippen molar-refractivity contribution in [1.82, 2.24) is 0 Å². The number of ether oxygens (including phenoxy) is 2. The zero-order valence-electron chi connectivity index (χ0n) is 12.5. The molecular formula is C15H17NO5S. The van der Waals surface area contributed by atoms with Crippen LogP contribution in [0.2, 0.25) is 0 Å². The number of anilines is 1. The zero-order chi connectivity index (χ0) is 16.3. The lowest BCUT2D eigenvalue weighted by Gasteiger charge is -2.14. The Kier molecular flexibility index (Phi) is 4.46. The Morgan fingerprint density at radius 1 is 1.05 bits per heavy atom. The summed E-state index contributed by atoms with van der Waals surface area (Å²) in [6, 6.07) is 8.90. The second kappa shape index (κ2) is 6.15. The first-order chi connectivity index (χ1) is 10.4. The van der Waals surface area contributed by atoms with Gasteiger partial charge in [-0.2, -0.15) is 0 Å². The molecule has 0 heterocycles. The standard InChI is InChI=1S/C15H17NO5S/c1-10-8-11(17)4-6-13(10)16-22(18,19)15-9-12(20-2)5-7-14(15)21-3/h4-9,16-17H,1-3H3. The normalized spacial score (nSPS) is 11.0. The van der Waals surface area contributed by atoms with E-state index in [0.29, 0.717) is 17.0 Å². The monoisotopic (exact) mass is 323 g/mol. The van der Waals surface area contributed by atoms with Gasteiger partial charge in [0.1, 0.15) is 22.1 Å².